The molecule has 4 aromatic carbocycles. The molecule has 4 aliphatic heterocycles. The van der Waals surface area contributed by atoms with Crippen molar-refractivity contribution in [1.82, 2.24) is 39.2 Å². The average molecular weight is 1010 g/mol. The number of carbonyl (C=O) groups is 8. The summed E-state index contributed by atoms with van der Waals surface area (Å²) in [7, 11) is 6.60. The van der Waals surface area contributed by atoms with Gasteiger partial charge in [0.15, 0.2) is 0 Å². The predicted molar refractivity (Wildman–Crippen MR) is 276 cm³/mol. The van der Waals surface area contributed by atoms with Gasteiger partial charge < -0.3 is 19.6 Å². The molecule has 16 heteroatoms. The first-order valence-corrected chi connectivity index (χ1v) is 26.1. The molecule has 4 saturated heterocycles. The van der Waals surface area contributed by atoms with Gasteiger partial charge in [-0.15, -0.1) is 0 Å². The molecule has 4 aromatic rings. The van der Waals surface area contributed by atoms with Gasteiger partial charge in [-0.25, -0.2) is 19.2 Å². The summed E-state index contributed by atoms with van der Waals surface area (Å²) < 4.78 is 0. The first-order valence-electron chi connectivity index (χ1n) is 26.1. The zero-order valence-corrected chi connectivity index (χ0v) is 43.6. The lowest BCUT2D eigenvalue weighted by molar-refractivity contribution is -0.147. The summed E-state index contributed by atoms with van der Waals surface area (Å²) in [4.78, 5) is 132. The van der Waals surface area contributed by atoms with Crippen LogP contribution in [0, 0.1) is 23.7 Å². The van der Waals surface area contributed by atoms with Crippen LogP contribution < -0.4 is 0 Å². The molecule has 9 rings (SSSR count). The Bertz CT molecular complexity index is 2410. The topological polar surface area (TPSA) is 162 Å². The second-order valence-electron chi connectivity index (χ2n) is 21.1. The van der Waals surface area contributed by atoms with E-state index in [9.17, 15) is 19.2 Å². The number of benzene rings is 4. The van der Waals surface area contributed by atoms with Crippen LogP contribution in [0.2, 0.25) is 0 Å². The molecule has 0 N–H and O–H groups in total. The molecular weight excluding hydrogens is 937 g/mol. The van der Waals surface area contributed by atoms with Gasteiger partial charge in [-0.3, -0.25) is 38.8 Å². The second kappa shape index (κ2) is 20.9. The van der Waals surface area contributed by atoms with E-state index >= 15 is 19.2 Å². The fraction of sp³-hybridized carbons (Fsp3) is 0.448. The maximum absolute atomic E-state index is 15.8. The highest BCUT2D eigenvalue weighted by atomic mass is 16.2. The van der Waals surface area contributed by atoms with E-state index < -0.39 is 120 Å². The number of likely N-dealkylation sites (N-methyl/N-ethyl adjacent to an activating group) is 4. The molecule has 1 aliphatic carbocycles. The Hall–Kier alpha value is -7.36. The van der Waals surface area contributed by atoms with Crippen LogP contribution in [0.1, 0.15) is 113 Å². The third-order valence-corrected chi connectivity index (χ3v) is 17.2. The van der Waals surface area contributed by atoms with E-state index in [1.165, 1.54) is 39.2 Å². The monoisotopic (exact) mass is 1000 g/mol. The SMILES string of the molecule is C[C@H]1[C@@H](c2ccccc2)N(C(=O)[C@H]2CCC[C@@H](C(=O)N3C(=O)N(C)[C@@H](C)[C@H]3c3ccccc3)[C@H](C(=O)N3C(=O)N(C)[C@@H](C)[C@H]3c3ccccc3)CCC[C@@H]2C(=O)N2C(=O)N(C)[C@@H](C)[C@H]2c2ccccc2)C(=O)N1C. The van der Waals surface area contributed by atoms with Gasteiger partial charge in [0.1, 0.15) is 0 Å². The first kappa shape index (κ1) is 51.5. The Morgan fingerprint density at radius 1 is 0.324 bits per heavy atom. The summed E-state index contributed by atoms with van der Waals surface area (Å²) in [6.45, 7) is 7.51. The minimum absolute atomic E-state index is 0.00579. The van der Waals surface area contributed by atoms with Crippen LogP contribution >= 0.6 is 0 Å². The molecule has 0 bridgehead atoms. The van der Waals surface area contributed by atoms with Crippen molar-refractivity contribution in [3.8, 4) is 0 Å². The van der Waals surface area contributed by atoms with Gasteiger partial charge in [0.25, 0.3) is 0 Å². The third-order valence-electron chi connectivity index (χ3n) is 17.2. The highest BCUT2D eigenvalue weighted by Gasteiger charge is 2.56. The van der Waals surface area contributed by atoms with E-state index in [1.54, 1.807) is 28.2 Å². The van der Waals surface area contributed by atoms with Crippen LogP contribution in [0.4, 0.5) is 19.2 Å². The van der Waals surface area contributed by atoms with E-state index in [-0.39, 0.29) is 38.5 Å². The minimum atomic E-state index is -1.15. The quantitative estimate of drug-likeness (QED) is 0.169. The Morgan fingerprint density at radius 3 is 0.676 bits per heavy atom. The van der Waals surface area contributed by atoms with Crippen molar-refractivity contribution in [2.75, 3.05) is 28.2 Å². The highest BCUT2D eigenvalue weighted by Crippen LogP contribution is 2.46. The Morgan fingerprint density at radius 2 is 0.500 bits per heavy atom. The molecule has 12 atom stereocenters. The van der Waals surface area contributed by atoms with Crippen LogP contribution in [-0.2, 0) is 19.2 Å². The van der Waals surface area contributed by atoms with Crippen molar-refractivity contribution < 1.29 is 38.4 Å². The number of carbonyl (C=O) groups excluding carboxylic acids is 8. The van der Waals surface area contributed by atoms with E-state index in [0.717, 1.165) is 22.3 Å². The van der Waals surface area contributed by atoms with Gasteiger partial charge in [0, 0.05) is 28.2 Å². The highest BCUT2D eigenvalue weighted by molar-refractivity contribution is 6.04. The van der Waals surface area contributed by atoms with Crippen LogP contribution in [0.3, 0.4) is 0 Å². The van der Waals surface area contributed by atoms with Gasteiger partial charge in [-0.05, 0) is 75.6 Å². The number of urea groups is 4. The molecule has 0 aromatic heterocycles. The second-order valence-corrected chi connectivity index (χ2v) is 21.1. The number of nitrogens with zero attached hydrogens (tertiary/aromatic N) is 8. The summed E-state index contributed by atoms with van der Waals surface area (Å²) >= 11 is 0. The fourth-order valence-electron chi connectivity index (χ4n) is 12.6. The standard InChI is InChI=1S/C58H68N8O8/c1-35-47(39-23-13-9-14-24-39)63(55(71)59(35)5)51(67)43-31-21-33-45(53(69)65-49(37(3)61(7)57(65)73)41-27-17-11-18-28-41)46(54(70)66-50(38(4)62(8)58(66)74)42-29-19-12-20-30-42)34-22-32-44(43)52(68)64-48(36(2)60(6)56(64)72)40-25-15-10-16-26-40/h9-20,23-30,35-38,43-50H,21-22,31-34H2,1-8H3/t35-,36-,37-,38-,43-,44-,45+,46+,47-,48-,49-,50-/m0/s1. The fourth-order valence-corrected chi connectivity index (χ4v) is 12.6. The molecular formula is C58H68N8O8. The molecule has 5 aliphatic rings. The normalized spacial score (nSPS) is 29.9. The van der Waals surface area contributed by atoms with Crippen LogP contribution in [-0.4, -0.2) is 139 Å². The molecule has 0 unspecified atom stereocenters. The van der Waals surface area contributed by atoms with E-state index in [1.807, 2.05) is 149 Å². The average Bonchev–Trinajstić information content (AvgIpc) is 3.98. The summed E-state index contributed by atoms with van der Waals surface area (Å²) in [5, 5.41) is 0. The summed E-state index contributed by atoms with van der Waals surface area (Å²) in [5.74, 6) is -6.90. The van der Waals surface area contributed by atoms with E-state index in [0.29, 0.717) is 0 Å². The summed E-state index contributed by atoms with van der Waals surface area (Å²) in [6.07, 6.45) is 0.183. The van der Waals surface area contributed by atoms with E-state index in [4.69, 9.17) is 0 Å². The number of hydrogen-bond acceptors (Lipinski definition) is 8. The predicted octanol–water partition coefficient (Wildman–Crippen LogP) is 8.90. The molecule has 0 spiro atoms. The minimum Gasteiger partial charge on any atom is -0.322 e. The van der Waals surface area contributed by atoms with Crippen LogP contribution in [0.5, 0.6) is 0 Å². The van der Waals surface area contributed by atoms with Gasteiger partial charge in [-0.1, -0.05) is 134 Å². The Balaban J connectivity index is 1.16. The van der Waals surface area contributed by atoms with Crippen LogP contribution in [0.25, 0.3) is 0 Å². The Labute approximate surface area is 433 Å². The molecule has 74 heavy (non-hydrogen) atoms. The lowest BCUT2D eigenvalue weighted by Crippen LogP contribution is -2.50. The number of amides is 12. The molecule has 0 radical (unpaired) electrons. The molecule has 4 heterocycles. The number of imide groups is 4. The third kappa shape index (κ3) is 8.78. The molecule has 1 saturated carbocycles. The van der Waals surface area contributed by atoms with Gasteiger partial charge in [0.05, 0.1) is 72.0 Å². The zero-order chi connectivity index (χ0) is 52.9. The number of rotatable bonds is 8. The molecule has 16 nitrogen and oxygen atoms in total. The Kier molecular flexibility index (Phi) is 14.5. The maximum atomic E-state index is 15.8. The number of hydrogen-bond donors (Lipinski definition) is 0. The molecule has 388 valence electrons. The first-order chi connectivity index (χ1) is 35.5. The summed E-state index contributed by atoms with van der Waals surface area (Å²) in [5.41, 5.74) is 2.95. The van der Waals surface area contributed by atoms with Crippen molar-refractivity contribution >= 4 is 47.8 Å². The lowest BCUT2D eigenvalue weighted by atomic mass is 9.75. The smallest absolute Gasteiger partial charge is 0.322 e. The van der Waals surface area contributed by atoms with Crippen LogP contribution in [0.15, 0.2) is 121 Å². The zero-order valence-electron chi connectivity index (χ0n) is 43.6. The van der Waals surface area contributed by atoms with Crippen molar-refractivity contribution in [3.05, 3.63) is 144 Å². The van der Waals surface area contributed by atoms with Crippen molar-refractivity contribution in [1.29, 1.82) is 0 Å². The van der Waals surface area contributed by atoms with Gasteiger partial charge in [-0.2, -0.15) is 0 Å². The van der Waals surface area contributed by atoms with Gasteiger partial charge in [0.2, 0.25) is 23.6 Å². The van der Waals surface area contributed by atoms with Gasteiger partial charge >= 0.3 is 24.1 Å². The molecule has 5 fully saturated rings. The largest absolute Gasteiger partial charge is 0.327 e. The van der Waals surface area contributed by atoms with Crippen molar-refractivity contribution in [3.63, 3.8) is 0 Å². The maximum Gasteiger partial charge on any atom is 0.327 e. The lowest BCUT2D eigenvalue weighted by Gasteiger charge is -2.37. The van der Waals surface area contributed by atoms with Crippen molar-refractivity contribution in [2.24, 2.45) is 23.7 Å². The summed E-state index contributed by atoms with van der Waals surface area (Å²) in [6, 6.07) is 30.6. The molecule has 12 amide bonds. The van der Waals surface area contributed by atoms with Crippen molar-refractivity contribution in [2.45, 2.75) is 115 Å². The van der Waals surface area contributed by atoms with E-state index in [2.05, 4.69) is 0 Å².